The van der Waals surface area contributed by atoms with Crippen LogP contribution in [0.15, 0.2) is 0 Å². The molecule has 1 saturated carbocycles. The Labute approximate surface area is 197 Å². The molecule has 7 heteroatoms. The molecule has 0 aromatic carbocycles. The van der Waals surface area contributed by atoms with Gasteiger partial charge >= 0.3 is 0 Å². The zero-order valence-corrected chi connectivity index (χ0v) is 20.7. The molecular weight excluding hydrogens is 418 g/mol. The summed E-state index contributed by atoms with van der Waals surface area (Å²) in [5, 5.41) is 8.74. The van der Waals surface area contributed by atoms with E-state index in [1.807, 2.05) is 28.4 Å². The van der Waals surface area contributed by atoms with Crippen LogP contribution in [-0.2, 0) is 19.9 Å². The molecule has 0 radical (unpaired) electrons. The highest BCUT2D eigenvalue weighted by Gasteiger charge is 2.39. The quantitative estimate of drug-likeness (QED) is 0.733. The summed E-state index contributed by atoms with van der Waals surface area (Å²) in [4.78, 5) is 18.1. The van der Waals surface area contributed by atoms with Crippen LogP contribution in [0.4, 0.5) is 0 Å². The SMILES string of the molecule is Cn1nc(C(=O)N2CCSCC2)c2c1CCC(NCC1(N3CCCCC3)CCCCC1)C2. The van der Waals surface area contributed by atoms with Crippen molar-refractivity contribution in [2.75, 3.05) is 44.2 Å². The Morgan fingerprint density at radius 2 is 1.78 bits per heavy atom. The van der Waals surface area contributed by atoms with E-state index in [4.69, 9.17) is 5.10 Å². The molecule has 0 spiro atoms. The van der Waals surface area contributed by atoms with Crippen molar-refractivity contribution >= 4 is 17.7 Å². The van der Waals surface area contributed by atoms with Gasteiger partial charge in [0.25, 0.3) is 5.91 Å². The number of rotatable bonds is 5. The van der Waals surface area contributed by atoms with Crippen molar-refractivity contribution in [3.8, 4) is 0 Å². The number of carbonyl (C=O) groups is 1. The number of likely N-dealkylation sites (tertiary alicyclic amines) is 1. The van der Waals surface area contributed by atoms with Gasteiger partial charge in [0.2, 0.25) is 0 Å². The second-order valence-corrected chi connectivity index (χ2v) is 11.7. The molecule has 1 aromatic rings. The van der Waals surface area contributed by atoms with E-state index in [0.717, 1.165) is 56.1 Å². The fraction of sp³-hybridized carbons (Fsp3) is 0.840. The van der Waals surface area contributed by atoms with Crippen molar-refractivity contribution < 1.29 is 4.79 Å². The summed E-state index contributed by atoms with van der Waals surface area (Å²) in [6.07, 6.45) is 14.1. The zero-order chi connectivity index (χ0) is 22.0. The first-order valence-corrected chi connectivity index (χ1v) is 14.2. The molecule has 1 atom stereocenters. The van der Waals surface area contributed by atoms with Gasteiger partial charge in [-0.2, -0.15) is 16.9 Å². The minimum absolute atomic E-state index is 0.153. The molecule has 0 bridgehead atoms. The van der Waals surface area contributed by atoms with Crippen LogP contribution in [-0.4, -0.2) is 81.3 Å². The number of piperidine rings is 1. The van der Waals surface area contributed by atoms with Gasteiger partial charge in [0.15, 0.2) is 5.69 Å². The van der Waals surface area contributed by atoms with E-state index in [9.17, 15) is 4.79 Å². The van der Waals surface area contributed by atoms with E-state index >= 15 is 0 Å². The van der Waals surface area contributed by atoms with Crippen LogP contribution < -0.4 is 5.32 Å². The minimum Gasteiger partial charge on any atom is -0.336 e. The number of hydrogen-bond acceptors (Lipinski definition) is 5. The molecule has 3 fully saturated rings. The van der Waals surface area contributed by atoms with Gasteiger partial charge in [-0.05, 0) is 58.0 Å². The number of thioether (sulfide) groups is 1. The lowest BCUT2D eigenvalue weighted by atomic mass is 9.78. The first kappa shape index (κ1) is 22.7. The number of hydrogen-bond donors (Lipinski definition) is 1. The summed E-state index contributed by atoms with van der Waals surface area (Å²) in [6, 6.07) is 0.457. The van der Waals surface area contributed by atoms with Gasteiger partial charge in [-0.3, -0.25) is 14.4 Å². The van der Waals surface area contributed by atoms with Gasteiger partial charge in [0, 0.05) is 61.0 Å². The monoisotopic (exact) mass is 459 g/mol. The molecule has 1 aromatic heterocycles. The molecule has 1 unspecified atom stereocenters. The highest BCUT2D eigenvalue weighted by atomic mass is 32.2. The third-order valence-corrected chi connectivity index (χ3v) is 9.43. The first-order chi connectivity index (χ1) is 15.7. The molecule has 1 amide bonds. The first-order valence-electron chi connectivity index (χ1n) is 13.1. The topological polar surface area (TPSA) is 53.4 Å². The largest absolute Gasteiger partial charge is 0.336 e. The standard InChI is InChI=1S/C25H41N5OS/c1-28-22-9-8-20(18-21(22)23(27-28)24(31)29-14-16-32-17-15-29)26-19-25(10-4-2-5-11-25)30-12-6-3-7-13-30/h20,26H,2-19H2,1H3. The Bertz CT molecular complexity index is 790. The Kier molecular flexibility index (Phi) is 7.15. The third kappa shape index (κ3) is 4.62. The van der Waals surface area contributed by atoms with Gasteiger partial charge in [0.05, 0.1) is 0 Å². The van der Waals surface area contributed by atoms with Crippen molar-refractivity contribution in [2.24, 2.45) is 7.05 Å². The number of aryl methyl sites for hydroxylation is 1. The van der Waals surface area contributed by atoms with Crippen molar-refractivity contribution in [1.29, 1.82) is 0 Å². The number of nitrogens with one attached hydrogen (secondary N) is 1. The third-order valence-electron chi connectivity index (χ3n) is 8.49. The van der Waals surface area contributed by atoms with Gasteiger partial charge in [-0.15, -0.1) is 0 Å². The second kappa shape index (κ2) is 10.1. The van der Waals surface area contributed by atoms with Crippen LogP contribution >= 0.6 is 11.8 Å². The summed E-state index contributed by atoms with van der Waals surface area (Å²) in [5.74, 6) is 2.24. The maximum atomic E-state index is 13.3. The smallest absolute Gasteiger partial charge is 0.274 e. The number of nitrogens with zero attached hydrogens (tertiary/aromatic N) is 4. The van der Waals surface area contributed by atoms with Gasteiger partial charge < -0.3 is 10.2 Å². The second-order valence-electron chi connectivity index (χ2n) is 10.5. The zero-order valence-electron chi connectivity index (χ0n) is 19.9. The predicted molar refractivity (Wildman–Crippen MR) is 131 cm³/mol. The normalized spacial score (nSPS) is 26.7. The highest BCUT2D eigenvalue weighted by molar-refractivity contribution is 7.99. The summed E-state index contributed by atoms with van der Waals surface area (Å²) in [7, 11) is 2.02. The molecule has 2 saturated heterocycles. The average molecular weight is 460 g/mol. The maximum Gasteiger partial charge on any atom is 0.274 e. The molecule has 32 heavy (non-hydrogen) atoms. The Morgan fingerprint density at radius 1 is 1.06 bits per heavy atom. The van der Waals surface area contributed by atoms with E-state index in [1.165, 1.54) is 75.7 Å². The predicted octanol–water partition coefficient (Wildman–Crippen LogP) is 3.24. The van der Waals surface area contributed by atoms with E-state index in [2.05, 4.69) is 10.2 Å². The molecule has 5 rings (SSSR count). The number of aromatic nitrogens is 2. The van der Waals surface area contributed by atoms with Gasteiger partial charge in [-0.1, -0.05) is 25.7 Å². The summed E-state index contributed by atoms with van der Waals surface area (Å²) >= 11 is 1.94. The van der Waals surface area contributed by atoms with Crippen molar-refractivity contribution in [3.63, 3.8) is 0 Å². The fourth-order valence-corrected chi connectivity index (χ4v) is 7.47. The summed E-state index contributed by atoms with van der Waals surface area (Å²) < 4.78 is 1.98. The summed E-state index contributed by atoms with van der Waals surface area (Å²) in [6.45, 7) is 5.39. The van der Waals surface area contributed by atoms with Crippen molar-refractivity contribution in [1.82, 2.24) is 24.9 Å². The Morgan fingerprint density at radius 3 is 2.53 bits per heavy atom. The molecule has 2 aliphatic heterocycles. The number of amides is 1. The average Bonchev–Trinajstić information content (AvgIpc) is 3.19. The maximum absolute atomic E-state index is 13.3. The Hall–Kier alpha value is -1.05. The van der Waals surface area contributed by atoms with Crippen LogP contribution in [0.1, 0.15) is 79.5 Å². The lowest BCUT2D eigenvalue weighted by Gasteiger charge is -2.49. The highest BCUT2D eigenvalue weighted by Crippen LogP contribution is 2.36. The molecule has 178 valence electrons. The fourth-order valence-electron chi connectivity index (χ4n) is 6.57. The van der Waals surface area contributed by atoms with E-state index < -0.39 is 0 Å². The lowest BCUT2D eigenvalue weighted by molar-refractivity contribution is 0.0310. The summed E-state index contributed by atoms with van der Waals surface area (Å²) in [5.41, 5.74) is 3.58. The molecule has 2 aliphatic carbocycles. The molecule has 6 nitrogen and oxygen atoms in total. The molecule has 4 aliphatic rings. The van der Waals surface area contributed by atoms with Gasteiger partial charge in [-0.25, -0.2) is 0 Å². The van der Waals surface area contributed by atoms with Crippen LogP contribution in [0.2, 0.25) is 0 Å². The van der Waals surface area contributed by atoms with Crippen LogP contribution in [0.5, 0.6) is 0 Å². The number of fused-ring (bicyclic) bond motifs is 1. The van der Waals surface area contributed by atoms with E-state index in [-0.39, 0.29) is 5.91 Å². The van der Waals surface area contributed by atoms with E-state index in [0.29, 0.717) is 11.6 Å². The van der Waals surface area contributed by atoms with Crippen molar-refractivity contribution in [3.05, 3.63) is 17.0 Å². The van der Waals surface area contributed by atoms with Gasteiger partial charge in [0.1, 0.15) is 0 Å². The minimum atomic E-state index is 0.153. The lowest BCUT2D eigenvalue weighted by Crippen LogP contribution is -2.59. The Balaban J connectivity index is 1.28. The van der Waals surface area contributed by atoms with Crippen LogP contribution in [0, 0.1) is 0 Å². The van der Waals surface area contributed by atoms with Crippen LogP contribution in [0.3, 0.4) is 0 Å². The number of carbonyl (C=O) groups excluding carboxylic acids is 1. The molecule has 3 heterocycles. The van der Waals surface area contributed by atoms with Crippen LogP contribution in [0.25, 0.3) is 0 Å². The van der Waals surface area contributed by atoms with E-state index in [1.54, 1.807) is 0 Å². The molecular formula is C25H41N5OS. The molecule has 1 N–H and O–H groups in total. The van der Waals surface area contributed by atoms with Crippen molar-refractivity contribution in [2.45, 2.75) is 82.2 Å².